The predicted octanol–water partition coefficient (Wildman–Crippen LogP) is 2.71. The number of aromatic nitrogens is 2. The van der Waals surface area contributed by atoms with Crippen LogP contribution < -0.4 is 5.73 Å². The van der Waals surface area contributed by atoms with E-state index in [-0.39, 0.29) is 0 Å². The number of rotatable bonds is 2. The van der Waals surface area contributed by atoms with Gasteiger partial charge in [0.2, 0.25) is 0 Å². The Hall–Kier alpha value is -0.960. The lowest BCUT2D eigenvalue weighted by atomic mass is 9.49. The topological polar surface area (TPSA) is 51.8 Å². The molecule has 5 rings (SSSR count). The van der Waals surface area contributed by atoms with Gasteiger partial charge < -0.3 is 5.73 Å². The van der Waals surface area contributed by atoms with Gasteiger partial charge in [0.05, 0.1) is 11.4 Å². The van der Waals surface area contributed by atoms with Crippen LogP contribution in [-0.2, 0) is 12.0 Å². The molecule has 4 bridgehead atoms. The molecule has 1 heterocycles. The lowest BCUT2D eigenvalue weighted by Gasteiger charge is -2.56. The van der Waals surface area contributed by atoms with E-state index in [1.54, 1.807) is 0 Å². The van der Waals surface area contributed by atoms with Crippen LogP contribution in [-0.4, -0.2) is 10.2 Å². The van der Waals surface area contributed by atoms with Crippen LogP contribution in [0.4, 0.5) is 0 Å². The molecule has 0 aromatic carbocycles. The summed E-state index contributed by atoms with van der Waals surface area (Å²) in [5.74, 6) is 2.86. The fourth-order valence-corrected chi connectivity index (χ4v) is 5.38. The Morgan fingerprint density at radius 3 is 2.21 bits per heavy atom. The van der Waals surface area contributed by atoms with Gasteiger partial charge in [-0.25, -0.2) is 0 Å². The van der Waals surface area contributed by atoms with Crippen molar-refractivity contribution in [3.63, 3.8) is 0 Å². The van der Waals surface area contributed by atoms with Gasteiger partial charge in [-0.3, -0.25) is 0 Å². The average molecular weight is 257 g/mol. The molecule has 0 radical (unpaired) electrons. The van der Waals surface area contributed by atoms with Gasteiger partial charge in [0.25, 0.3) is 0 Å². The predicted molar refractivity (Wildman–Crippen MR) is 74.5 cm³/mol. The van der Waals surface area contributed by atoms with Crippen LogP contribution in [0.1, 0.15) is 55.5 Å². The summed E-state index contributed by atoms with van der Waals surface area (Å²) < 4.78 is 0. The van der Waals surface area contributed by atoms with E-state index in [9.17, 15) is 0 Å². The van der Waals surface area contributed by atoms with Crippen LogP contribution in [0.3, 0.4) is 0 Å². The maximum atomic E-state index is 5.84. The van der Waals surface area contributed by atoms with Gasteiger partial charge in [-0.2, -0.15) is 10.2 Å². The molecule has 0 unspecified atom stereocenters. The Balaban J connectivity index is 1.75. The molecule has 0 spiro atoms. The molecule has 3 nitrogen and oxygen atoms in total. The van der Waals surface area contributed by atoms with Crippen molar-refractivity contribution >= 4 is 0 Å². The second-order valence-electron chi connectivity index (χ2n) is 7.24. The highest BCUT2D eigenvalue weighted by Gasteiger charge is 2.52. The third-order valence-electron chi connectivity index (χ3n) is 5.88. The standard InChI is InChI=1S/C16H23N3/c1-10-14(9-17)5-15(19-18-10)16-6-11-2-12(7-16)4-13(3-11)8-16/h5,11-13H,2-4,6-9,17H2,1H3. The van der Waals surface area contributed by atoms with Crippen molar-refractivity contribution in [2.24, 2.45) is 23.5 Å². The minimum Gasteiger partial charge on any atom is -0.326 e. The highest BCUT2D eigenvalue weighted by Crippen LogP contribution is 2.60. The summed E-state index contributed by atoms with van der Waals surface area (Å²) in [4.78, 5) is 0. The molecule has 4 saturated carbocycles. The van der Waals surface area contributed by atoms with Gasteiger partial charge in [0.1, 0.15) is 0 Å². The molecule has 19 heavy (non-hydrogen) atoms. The Morgan fingerprint density at radius 2 is 1.68 bits per heavy atom. The van der Waals surface area contributed by atoms with Crippen molar-refractivity contribution in [2.75, 3.05) is 0 Å². The molecule has 0 aliphatic heterocycles. The summed E-state index contributed by atoms with van der Waals surface area (Å²) in [5, 5.41) is 8.95. The molecular weight excluding hydrogens is 234 g/mol. The monoisotopic (exact) mass is 257 g/mol. The van der Waals surface area contributed by atoms with Gasteiger partial charge in [-0.15, -0.1) is 0 Å². The fraction of sp³-hybridized carbons (Fsp3) is 0.750. The second kappa shape index (κ2) is 4.02. The van der Waals surface area contributed by atoms with E-state index in [0.717, 1.165) is 23.4 Å². The van der Waals surface area contributed by atoms with Crippen LogP contribution in [0.25, 0.3) is 0 Å². The molecule has 0 atom stereocenters. The molecule has 4 aliphatic rings. The van der Waals surface area contributed by atoms with Gasteiger partial charge in [-0.1, -0.05) is 0 Å². The van der Waals surface area contributed by atoms with Crippen molar-refractivity contribution in [1.29, 1.82) is 0 Å². The maximum Gasteiger partial charge on any atom is 0.0696 e. The van der Waals surface area contributed by atoms with Crippen molar-refractivity contribution < 1.29 is 0 Å². The molecule has 102 valence electrons. The van der Waals surface area contributed by atoms with Crippen molar-refractivity contribution in [2.45, 2.75) is 57.4 Å². The molecule has 1 aromatic heterocycles. The quantitative estimate of drug-likeness (QED) is 0.886. The smallest absolute Gasteiger partial charge is 0.0696 e. The highest BCUT2D eigenvalue weighted by molar-refractivity contribution is 5.28. The summed E-state index contributed by atoms with van der Waals surface area (Å²) >= 11 is 0. The van der Waals surface area contributed by atoms with E-state index in [1.807, 2.05) is 6.92 Å². The summed E-state index contributed by atoms with van der Waals surface area (Å²) in [6.07, 6.45) is 8.47. The van der Waals surface area contributed by atoms with Crippen molar-refractivity contribution in [3.8, 4) is 0 Å². The number of aryl methyl sites for hydroxylation is 1. The summed E-state index contributed by atoms with van der Waals surface area (Å²) in [6, 6.07) is 2.26. The molecule has 3 heteroatoms. The molecule has 0 saturated heterocycles. The highest BCUT2D eigenvalue weighted by atomic mass is 15.1. The second-order valence-corrected chi connectivity index (χ2v) is 7.24. The Morgan fingerprint density at radius 1 is 1.11 bits per heavy atom. The van der Waals surface area contributed by atoms with Crippen LogP contribution in [0, 0.1) is 24.7 Å². The Bertz CT molecular complexity index is 473. The molecule has 4 fully saturated rings. The Labute approximate surface area is 115 Å². The van der Waals surface area contributed by atoms with E-state index in [4.69, 9.17) is 5.73 Å². The van der Waals surface area contributed by atoms with Crippen LogP contribution in [0.5, 0.6) is 0 Å². The summed E-state index contributed by atoms with van der Waals surface area (Å²) in [7, 11) is 0. The minimum atomic E-state index is 0.347. The van der Waals surface area contributed by atoms with E-state index < -0.39 is 0 Å². The minimum absolute atomic E-state index is 0.347. The molecule has 0 amide bonds. The van der Waals surface area contributed by atoms with Crippen LogP contribution in [0.2, 0.25) is 0 Å². The number of nitrogens with zero attached hydrogens (tertiary/aromatic N) is 2. The normalized spacial score (nSPS) is 39.8. The first-order valence-electron chi connectivity index (χ1n) is 7.72. The molecule has 2 N–H and O–H groups in total. The first-order chi connectivity index (χ1) is 9.18. The SMILES string of the molecule is Cc1nnc(C23CC4CC(CC(C4)C2)C3)cc1CN. The fourth-order valence-electron chi connectivity index (χ4n) is 5.38. The van der Waals surface area contributed by atoms with Gasteiger partial charge in [-0.05, 0) is 74.8 Å². The summed E-state index contributed by atoms with van der Waals surface area (Å²) in [5.41, 5.74) is 9.62. The van der Waals surface area contributed by atoms with E-state index >= 15 is 0 Å². The first kappa shape index (κ1) is 11.8. The largest absolute Gasteiger partial charge is 0.326 e. The molecular formula is C16H23N3. The van der Waals surface area contributed by atoms with E-state index in [1.165, 1.54) is 49.8 Å². The third kappa shape index (κ3) is 1.74. The van der Waals surface area contributed by atoms with Crippen molar-refractivity contribution in [1.82, 2.24) is 10.2 Å². The summed E-state index contributed by atoms with van der Waals surface area (Å²) in [6.45, 7) is 2.60. The number of hydrogen-bond donors (Lipinski definition) is 1. The zero-order valence-corrected chi connectivity index (χ0v) is 11.7. The van der Waals surface area contributed by atoms with Crippen LogP contribution >= 0.6 is 0 Å². The lowest BCUT2D eigenvalue weighted by molar-refractivity contribution is -0.00766. The third-order valence-corrected chi connectivity index (χ3v) is 5.88. The van der Waals surface area contributed by atoms with Gasteiger partial charge in [0, 0.05) is 12.0 Å². The average Bonchev–Trinajstić information content (AvgIpc) is 2.37. The molecule has 1 aromatic rings. The van der Waals surface area contributed by atoms with Crippen molar-refractivity contribution in [3.05, 3.63) is 23.0 Å². The van der Waals surface area contributed by atoms with Crippen LogP contribution in [0.15, 0.2) is 6.07 Å². The van der Waals surface area contributed by atoms with E-state index in [2.05, 4.69) is 16.3 Å². The van der Waals surface area contributed by atoms with E-state index in [0.29, 0.717) is 12.0 Å². The number of hydrogen-bond acceptors (Lipinski definition) is 3. The zero-order chi connectivity index (χ0) is 13.0. The first-order valence-corrected chi connectivity index (χ1v) is 7.72. The Kier molecular flexibility index (Phi) is 2.50. The molecule has 4 aliphatic carbocycles. The number of nitrogens with two attached hydrogens (primary N) is 1. The zero-order valence-electron chi connectivity index (χ0n) is 11.7. The van der Waals surface area contributed by atoms with Gasteiger partial charge >= 0.3 is 0 Å². The lowest BCUT2D eigenvalue weighted by Crippen LogP contribution is -2.49. The van der Waals surface area contributed by atoms with Gasteiger partial charge in [0.15, 0.2) is 0 Å². The maximum absolute atomic E-state index is 5.84.